The van der Waals surface area contributed by atoms with Gasteiger partial charge in [0, 0.05) is 7.11 Å². The summed E-state index contributed by atoms with van der Waals surface area (Å²) in [6.45, 7) is 0.825. The average molecular weight is 229 g/mol. The minimum Gasteiger partial charge on any atom is -0.490 e. The fourth-order valence-electron chi connectivity index (χ4n) is 1.06. The standard InChI is InChI=1S/C10H12FNO2S/c1-13-4-5-14-9-3-2-7(11)6-8(9)10(12)15/h2-3,6H,4-5H2,1H3,(H2,12,15). The summed E-state index contributed by atoms with van der Waals surface area (Å²) < 4.78 is 23.1. The SMILES string of the molecule is COCCOc1ccc(F)cc1C(N)=S. The molecular formula is C10H12FNO2S. The molecule has 2 N–H and O–H groups in total. The van der Waals surface area contributed by atoms with Gasteiger partial charge in [0.2, 0.25) is 0 Å². The number of halogens is 1. The monoisotopic (exact) mass is 229 g/mol. The smallest absolute Gasteiger partial charge is 0.129 e. The van der Waals surface area contributed by atoms with Crippen LogP contribution >= 0.6 is 12.2 Å². The number of hydrogen-bond donors (Lipinski definition) is 1. The van der Waals surface area contributed by atoms with Crippen LogP contribution in [-0.2, 0) is 4.74 Å². The van der Waals surface area contributed by atoms with Gasteiger partial charge in [0.1, 0.15) is 23.2 Å². The van der Waals surface area contributed by atoms with Crippen LogP contribution in [0.4, 0.5) is 4.39 Å². The van der Waals surface area contributed by atoms with Gasteiger partial charge in [0.05, 0.1) is 12.2 Å². The number of methoxy groups -OCH3 is 1. The highest BCUT2D eigenvalue weighted by molar-refractivity contribution is 7.80. The van der Waals surface area contributed by atoms with Crippen molar-refractivity contribution in [1.82, 2.24) is 0 Å². The Morgan fingerprint density at radius 2 is 2.20 bits per heavy atom. The molecule has 1 aromatic rings. The van der Waals surface area contributed by atoms with Gasteiger partial charge in [-0.3, -0.25) is 0 Å². The van der Waals surface area contributed by atoms with Crippen molar-refractivity contribution < 1.29 is 13.9 Å². The molecule has 0 aliphatic heterocycles. The lowest BCUT2D eigenvalue weighted by Gasteiger charge is -2.10. The lowest BCUT2D eigenvalue weighted by atomic mass is 10.2. The second kappa shape index (κ2) is 5.63. The van der Waals surface area contributed by atoms with E-state index in [2.05, 4.69) is 0 Å². The Labute approximate surface area is 93.0 Å². The lowest BCUT2D eigenvalue weighted by Crippen LogP contribution is -2.13. The fourth-order valence-corrected chi connectivity index (χ4v) is 1.22. The summed E-state index contributed by atoms with van der Waals surface area (Å²) in [4.78, 5) is 0.113. The highest BCUT2D eigenvalue weighted by atomic mass is 32.1. The molecule has 82 valence electrons. The van der Waals surface area contributed by atoms with E-state index in [1.807, 2.05) is 0 Å². The third-order valence-electron chi connectivity index (χ3n) is 1.75. The van der Waals surface area contributed by atoms with Crippen molar-refractivity contribution in [2.45, 2.75) is 0 Å². The zero-order chi connectivity index (χ0) is 11.3. The minimum absolute atomic E-state index is 0.113. The van der Waals surface area contributed by atoms with Crippen LogP contribution in [0.3, 0.4) is 0 Å². The van der Waals surface area contributed by atoms with Crippen molar-refractivity contribution >= 4 is 17.2 Å². The van der Waals surface area contributed by atoms with Gasteiger partial charge in [-0.15, -0.1) is 0 Å². The van der Waals surface area contributed by atoms with Crippen LogP contribution in [0.25, 0.3) is 0 Å². The number of rotatable bonds is 5. The van der Waals surface area contributed by atoms with Crippen molar-refractivity contribution in [3.8, 4) is 5.75 Å². The summed E-state index contributed by atoms with van der Waals surface area (Å²) in [6.07, 6.45) is 0. The molecule has 0 heterocycles. The maximum absolute atomic E-state index is 12.9. The molecule has 0 saturated carbocycles. The maximum atomic E-state index is 12.9. The maximum Gasteiger partial charge on any atom is 0.129 e. The second-order valence-electron chi connectivity index (χ2n) is 2.85. The molecule has 0 amide bonds. The summed E-state index contributed by atoms with van der Waals surface area (Å²) in [6, 6.07) is 4.05. The molecular weight excluding hydrogens is 217 g/mol. The van der Waals surface area contributed by atoms with Crippen molar-refractivity contribution in [1.29, 1.82) is 0 Å². The first-order chi connectivity index (χ1) is 7.15. The Morgan fingerprint density at radius 1 is 1.47 bits per heavy atom. The van der Waals surface area contributed by atoms with Gasteiger partial charge in [0.25, 0.3) is 0 Å². The normalized spacial score (nSPS) is 10.0. The van der Waals surface area contributed by atoms with E-state index in [-0.39, 0.29) is 4.99 Å². The molecule has 0 radical (unpaired) electrons. The fraction of sp³-hybridized carbons (Fsp3) is 0.300. The van der Waals surface area contributed by atoms with Crippen LogP contribution in [0, 0.1) is 5.82 Å². The van der Waals surface area contributed by atoms with E-state index in [1.165, 1.54) is 18.2 Å². The highest BCUT2D eigenvalue weighted by Crippen LogP contribution is 2.19. The number of hydrogen-bond acceptors (Lipinski definition) is 3. The number of ether oxygens (including phenoxy) is 2. The van der Waals surface area contributed by atoms with Gasteiger partial charge < -0.3 is 15.2 Å². The molecule has 1 aromatic carbocycles. The number of thiocarbonyl (C=S) groups is 1. The predicted molar refractivity (Wildman–Crippen MR) is 59.7 cm³/mol. The molecule has 0 bridgehead atoms. The van der Waals surface area contributed by atoms with E-state index < -0.39 is 5.82 Å². The third-order valence-corrected chi connectivity index (χ3v) is 1.97. The van der Waals surface area contributed by atoms with Crippen LogP contribution in [-0.4, -0.2) is 25.3 Å². The summed E-state index contributed by atoms with van der Waals surface area (Å²) >= 11 is 4.79. The lowest BCUT2D eigenvalue weighted by molar-refractivity contribution is 0.146. The van der Waals surface area contributed by atoms with Gasteiger partial charge in [-0.2, -0.15) is 0 Å². The van der Waals surface area contributed by atoms with Crippen molar-refractivity contribution in [3.63, 3.8) is 0 Å². The van der Waals surface area contributed by atoms with Crippen molar-refractivity contribution in [3.05, 3.63) is 29.6 Å². The minimum atomic E-state index is -0.392. The predicted octanol–water partition coefficient (Wildman–Crippen LogP) is 1.49. The molecule has 0 spiro atoms. The molecule has 15 heavy (non-hydrogen) atoms. The Balaban J connectivity index is 2.81. The summed E-state index contributed by atoms with van der Waals surface area (Å²) in [5, 5.41) is 0. The van der Waals surface area contributed by atoms with E-state index in [0.29, 0.717) is 24.5 Å². The van der Waals surface area contributed by atoms with Gasteiger partial charge in [0.15, 0.2) is 0 Å². The zero-order valence-electron chi connectivity index (χ0n) is 8.33. The van der Waals surface area contributed by atoms with Crippen LogP contribution < -0.4 is 10.5 Å². The van der Waals surface area contributed by atoms with Gasteiger partial charge in [-0.05, 0) is 18.2 Å². The van der Waals surface area contributed by atoms with E-state index in [9.17, 15) is 4.39 Å². The molecule has 0 unspecified atom stereocenters. The summed E-state index contributed by atoms with van der Waals surface area (Å²) in [5.41, 5.74) is 5.85. The average Bonchev–Trinajstić information content (AvgIpc) is 2.20. The molecule has 0 fully saturated rings. The largest absolute Gasteiger partial charge is 0.490 e. The zero-order valence-corrected chi connectivity index (χ0v) is 9.14. The number of benzene rings is 1. The molecule has 5 heteroatoms. The molecule has 0 aliphatic carbocycles. The quantitative estimate of drug-likeness (QED) is 0.613. The molecule has 3 nitrogen and oxygen atoms in total. The topological polar surface area (TPSA) is 44.5 Å². The summed E-state index contributed by atoms with van der Waals surface area (Å²) in [7, 11) is 1.57. The Kier molecular flexibility index (Phi) is 4.45. The Morgan fingerprint density at radius 3 is 2.80 bits per heavy atom. The van der Waals surface area contributed by atoms with Gasteiger partial charge in [-0.25, -0.2) is 4.39 Å². The van der Waals surface area contributed by atoms with E-state index in [1.54, 1.807) is 7.11 Å². The Hall–Kier alpha value is -1.20. The van der Waals surface area contributed by atoms with E-state index >= 15 is 0 Å². The van der Waals surface area contributed by atoms with Crippen LogP contribution in [0.2, 0.25) is 0 Å². The van der Waals surface area contributed by atoms with Crippen LogP contribution in [0.1, 0.15) is 5.56 Å². The first-order valence-electron chi connectivity index (χ1n) is 4.36. The molecule has 1 rings (SSSR count). The second-order valence-corrected chi connectivity index (χ2v) is 3.29. The third kappa shape index (κ3) is 3.45. The van der Waals surface area contributed by atoms with E-state index in [4.69, 9.17) is 27.4 Å². The van der Waals surface area contributed by atoms with Crippen molar-refractivity contribution in [2.75, 3.05) is 20.3 Å². The Bertz CT molecular complexity index is 357. The molecule has 0 saturated heterocycles. The first-order valence-corrected chi connectivity index (χ1v) is 4.77. The van der Waals surface area contributed by atoms with Crippen LogP contribution in [0.15, 0.2) is 18.2 Å². The van der Waals surface area contributed by atoms with E-state index in [0.717, 1.165) is 0 Å². The van der Waals surface area contributed by atoms with Gasteiger partial charge >= 0.3 is 0 Å². The highest BCUT2D eigenvalue weighted by Gasteiger charge is 2.07. The molecule has 0 aromatic heterocycles. The summed E-state index contributed by atoms with van der Waals surface area (Å²) in [5.74, 6) is 0.0813. The number of nitrogens with two attached hydrogens (primary N) is 1. The van der Waals surface area contributed by atoms with Gasteiger partial charge in [-0.1, -0.05) is 12.2 Å². The molecule has 0 atom stereocenters. The first kappa shape index (κ1) is 11.9. The molecule has 0 aliphatic rings. The van der Waals surface area contributed by atoms with Crippen molar-refractivity contribution in [2.24, 2.45) is 5.73 Å². The van der Waals surface area contributed by atoms with Crippen LogP contribution in [0.5, 0.6) is 5.75 Å².